The van der Waals surface area contributed by atoms with E-state index in [-0.39, 0.29) is 5.91 Å². The van der Waals surface area contributed by atoms with E-state index in [1.54, 1.807) is 11.4 Å². The quantitative estimate of drug-likeness (QED) is 0.885. The van der Waals surface area contributed by atoms with Crippen LogP contribution < -0.4 is 5.32 Å². The summed E-state index contributed by atoms with van der Waals surface area (Å²) in [4.78, 5) is 24.3. The molecular weight excluding hydrogens is 286 g/mol. The number of benzene rings is 1. The number of thiophene rings is 1. The highest BCUT2D eigenvalue weighted by Crippen LogP contribution is 2.26. The molecule has 0 fully saturated rings. The van der Waals surface area contributed by atoms with E-state index < -0.39 is 5.97 Å². The molecule has 5 heteroatoms. The van der Waals surface area contributed by atoms with Gasteiger partial charge in [0.05, 0.1) is 12.8 Å². The van der Waals surface area contributed by atoms with E-state index in [0.717, 1.165) is 19.3 Å². The summed E-state index contributed by atoms with van der Waals surface area (Å²) in [6.07, 6.45) is 3.27. The molecule has 0 bridgehead atoms. The number of carbonyl (C=O) groups excluding carboxylic acids is 2. The molecule has 2 aromatic rings. The van der Waals surface area contributed by atoms with Gasteiger partial charge in [-0.2, -0.15) is 0 Å². The molecule has 0 spiro atoms. The van der Waals surface area contributed by atoms with Crippen molar-refractivity contribution in [3.05, 3.63) is 51.2 Å². The lowest BCUT2D eigenvalue weighted by atomic mass is 10.1. The zero-order valence-electron chi connectivity index (χ0n) is 11.6. The van der Waals surface area contributed by atoms with Gasteiger partial charge in [0.15, 0.2) is 0 Å². The number of carbonyl (C=O) groups is 2. The summed E-state index contributed by atoms with van der Waals surface area (Å²) >= 11 is 1.25. The number of anilines is 1. The maximum atomic E-state index is 12.3. The summed E-state index contributed by atoms with van der Waals surface area (Å²) in [5, 5.41) is 4.54. The number of nitrogens with one attached hydrogen (secondary N) is 1. The van der Waals surface area contributed by atoms with Crippen molar-refractivity contribution >= 4 is 28.9 Å². The second-order valence-electron chi connectivity index (χ2n) is 4.95. The summed E-state index contributed by atoms with van der Waals surface area (Å²) < 4.78 is 4.70. The molecule has 4 nitrogen and oxygen atoms in total. The molecule has 1 aromatic heterocycles. The predicted molar refractivity (Wildman–Crippen MR) is 82.1 cm³/mol. The van der Waals surface area contributed by atoms with Crippen LogP contribution in [0.3, 0.4) is 0 Å². The fourth-order valence-electron chi connectivity index (χ4n) is 2.57. The third kappa shape index (κ3) is 2.69. The van der Waals surface area contributed by atoms with Gasteiger partial charge in [0, 0.05) is 5.56 Å². The zero-order valence-corrected chi connectivity index (χ0v) is 12.5. The first-order valence-corrected chi connectivity index (χ1v) is 7.66. The Kier molecular flexibility index (Phi) is 3.75. The van der Waals surface area contributed by atoms with Gasteiger partial charge in [-0.05, 0) is 54.0 Å². The third-order valence-corrected chi connectivity index (χ3v) is 4.54. The van der Waals surface area contributed by atoms with Crippen LogP contribution >= 0.6 is 11.3 Å². The van der Waals surface area contributed by atoms with Gasteiger partial charge >= 0.3 is 5.97 Å². The lowest BCUT2D eigenvalue weighted by molar-refractivity contribution is 0.0607. The zero-order chi connectivity index (χ0) is 14.8. The minimum atomic E-state index is -0.436. The van der Waals surface area contributed by atoms with Gasteiger partial charge in [0.25, 0.3) is 5.91 Å². The van der Waals surface area contributed by atoms with Crippen LogP contribution in [0.2, 0.25) is 0 Å². The maximum absolute atomic E-state index is 12.3. The molecule has 108 valence electrons. The summed E-state index contributed by atoms with van der Waals surface area (Å²) in [6, 6.07) is 7.51. The minimum Gasteiger partial charge on any atom is -0.465 e. The molecule has 1 amide bonds. The standard InChI is InChI=1S/C16H15NO3S/c1-20-16(19)14-13(7-8-21-14)17-15(18)12-6-5-10-3-2-4-11(10)9-12/h5-9H,2-4H2,1H3,(H,17,18). The van der Waals surface area contributed by atoms with Crippen LogP contribution in [0.25, 0.3) is 0 Å². The number of esters is 1. The average molecular weight is 301 g/mol. The number of rotatable bonds is 3. The Morgan fingerprint density at radius 3 is 2.81 bits per heavy atom. The Labute approximate surface area is 126 Å². The fraction of sp³-hybridized carbons (Fsp3) is 0.250. The van der Waals surface area contributed by atoms with Crippen molar-refractivity contribution in [2.24, 2.45) is 0 Å². The Morgan fingerprint density at radius 1 is 1.19 bits per heavy atom. The van der Waals surface area contributed by atoms with Gasteiger partial charge in [-0.1, -0.05) is 6.07 Å². The van der Waals surface area contributed by atoms with Crippen molar-refractivity contribution < 1.29 is 14.3 Å². The summed E-state index contributed by atoms with van der Waals surface area (Å²) in [6.45, 7) is 0. The molecule has 0 unspecified atom stereocenters. The average Bonchev–Trinajstić information content (AvgIpc) is 3.14. The minimum absolute atomic E-state index is 0.201. The Hall–Kier alpha value is -2.14. The molecule has 0 saturated heterocycles. The topological polar surface area (TPSA) is 55.4 Å². The number of fused-ring (bicyclic) bond motifs is 1. The van der Waals surface area contributed by atoms with Crippen LogP contribution in [0.1, 0.15) is 37.6 Å². The molecule has 0 radical (unpaired) electrons. The highest BCUT2D eigenvalue weighted by molar-refractivity contribution is 7.12. The van der Waals surface area contributed by atoms with E-state index >= 15 is 0 Å². The molecule has 0 saturated carbocycles. The first-order chi connectivity index (χ1) is 10.2. The summed E-state index contributed by atoms with van der Waals surface area (Å²) in [5.74, 6) is -0.637. The van der Waals surface area contributed by atoms with Crippen molar-refractivity contribution in [3.8, 4) is 0 Å². The summed E-state index contributed by atoms with van der Waals surface area (Å²) in [7, 11) is 1.33. The number of aryl methyl sites for hydroxylation is 2. The van der Waals surface area contributed by atoms with Gasteiger partial charge in [-0.3, -0.25) is 4.79 Å². The van der Waals surface area contributed by atoms with Crippen molar-refractivity contribution in [1.82, 2.24) is 0 Å². The van der Waals surface area contributed by atoms with Gasteiger partial charge in [-0.25, -0.2) is 4.79 Å². The highest BCUT2D eigenvalue weighted by Gasteiger charge is 2.18. The number of ether oxygens (including phenoxy) is 1. The maximum Gasteiger partial charge on any atom is 0.350 e. The molecular formula is C16H15NO3S. The molecule has 1 heterocycles. The van der Waals surface area contributed by atoms with Crippen LogP contribution in [-0.2, 0) is 17.6 Å². The Balaban J connectivity index is 1.81. The number of amides is 1. The first kappa shape index (κ1) is 13.8. The van der Waals surface area contributed by atoms with Gasteiger partial charge in [-0.15, -0.1) is 11.3 Å². The molecule has 0 atom stereocenters. The van der Waals surface area contributed by atoms with Gasteiger partial charge in [0.2, 0.25) is 0 Å². The third-order valence-electron chi connectivity index (χ3n) is 3.64. The van der Waals surface area contributed by atoms with E-state index in [4.69, 9.17) is 4.74 Å². The van der Waals surface area contributed by atoms with Crippen LogP contribution in [0.4, 0.5) is 5.69 Å². The van der Waals surface area contributed by atoms with Crippen molar-refractivity contribution in [3.63, 3.8) is 0 Å². The van der Waals surface area contributed by atoms with Crippen LogP contribution in [0.5, 0.6) is 0 Å². The van der Waals surface area contributed by atoms with Crippen molar-refractivity contribution in [1.29, 1.82) is 0 Å². The fourth-order valence-corrected chi connectivity index (χ4v) is 3.33. The van der Waals surface area contributed by atoms with Crippen LogP contribution in [0.15, 0.2) is 29.6 Å². The molecule has 3 rings (SSSR count). The van der Waals surface area contributed by atoms with Crippen molar-refractivity contribution in [2.75, 3.05) is 12.4 Å². The normalized spacial score (nSPS) is 12.8. The molecule has 21 heavy (non-hydrogen) atoms. The molecule has 1 aliphatic carbocycles. The molecule has 1 aromatic carbocycles. The van der Waals surface area contributed by atoms with Gasteiger partial charge in [0.1, 0.15) is 4.88 Å². The van der Waals surface area contributed by atoms with E-state index in [0.29, 0.717) is 16.1 Å². The number of hydrogen-bond donors (Lipinski definition) is 1. The van der Waals surface area contributed by atoms with E-state index in [9.17, 15) is 9.59 Å². The van der Waals surface area contributed by atoms with Crippen LogP contribution in [0, 0.1) is 0 Å². The monoisotopic (exact) mass is 301 g/mol. The molecule has 1 N–H and O–H groups in total. The largest absolute Gasteiger partial charge is 0.465 e. The SMILES string of the molecule is COC(=O)c1sccc1NC(=O)c1ccc2c(c1)CCC2. The van der Waals surface area contributed by atoms with Gasteiger partial charge < -0.3 is 10.1 Å². The highest BCUT2D eigenvalue weighted by atomic mass is 32.1. The second-order valence-corrected chi connectivity index (χ2v) is 5.86. The molecule has 1 aliphatic rings. The lowest BCUT2D eigenvalue weighted by Crippen LogP contribution is -2.14. The Bertz CT molecular complexity index is 705. The second kappa shape index (κ2) is 5.69. The predicted octanol–water partition coefficient (Wildman–Crippen LogP) is 3.28. The molecule has 0 aliphatic heterocycles. The smallest absolute Gasteiger partial charge is 0.350 e. The number of hydrogen-bond acceptors (Lipinski definition) is 4. The first-order valence-electron chi connectivity index (χ1n) is 6.78. The van der Waals surface area contributed by atoms with Crippen LogP contribution in [-0.4, -0.2) is 19.0 Å². The number of methoxy groups -OCH3 is 1. The lowest BCUT2D eigenvalue weighted by Gasteiger charge is -2.07. The van der Waals surface area contributed by atoms with E-state index in [1.807, 2.05) is 18.2 Å². The Morgan fingerprint density at radius 2 is 2.00 bits per heavy atom. The van der Waals surface area contributed by atoms with Crippen molar-refractivity contribution in [2.45, 2.75) is 19.3 Å². The summed E-state index contributed by atoms with van der Waals surface area (Å²) in [5.41, 5.74) is 3.70. The van der Waals surface area contributed by atoms with E-state index in [1.165, 1.54) is 29.6 Å². The van der Waals surface area contributed by atoms with E-state index in [2.05, 4.69) is 5.32 Å².